The summed E-state index contributed by atoms with van der Waals surface area (Å²) in [6, 6.07) is 16.5. The van der Waals surface area contributed by atoms with Crippen molar-refractivity contribution in [3.8, 4) is 23.0 Å². The molecule has 0 atom stereocenters. The zero-order valence-electron chi connectivity index (χ0n) is 48.8. The molecule has 0 radical (unpaired) electrons. The molecular formula is C62H82N2O14. The Bertz CT molecular complexity index is 2570. The summed E-state index contributed by atoms with van der Waals surface area (Å²) >= 11 is 0. The summed E-state index contributed by atoms with van der Waals surface area (Å²) in [5.41, 5.74) is 7.77. The van der Waals surface area contributed by atoms with Crippen LogP contribution in [0, 0.1) is 0 Å². The van der Waals surface area contributed by atoms with E-state index in [2.05, 4.69) is 142 Å². The van der Waals surface area contributed by atoms with Gasteiger partial charge in [-0.25, -0.2) is 9.59 Å². The predicted molar refractivity (Wildman–Crippen MR) is 297 cm³/mol. The molecule has 2 N–H and O–H groups in total. The van der Waals surface area contributed by atoms with E-state index >= 15 is 0 Å². The molecule has 0 saturated carbocycles. The van der Waals surface area contributed by atoms with Crippen molar-refractivity contribution in [3.63, 3.8) is 0 Å². The molecule has 16 heteroatoms. The lowest BCUT2D eigenvalue weighted by Crippen LogP contribution is -2.34. The standard InChI is InChI=1S/C62H82N2O14/c1-17-73-51(67)31-63-49(65)33-75-55-37-19-41-27-47(61(9,10)11)29-43(57(41)77-35-53(69)71-15)21-39-25-46(60(6,7)8)26-40(56(39)76-34-50(66)64-32-52(68)74-18-2)22-44-30-48(62(12,13)14)28-42(58(44)78-36-54(70)72-16)20-38(55)24-45(23-37)59(3,4)5/h23-30H,17-22,31-36H2,1-16H3,(H,63,65)(H,64,66). The van der Waals surface area contributed by atoms with E-state index in [-0.39, 0.29) is 52.0 Å². The molecule has 1 aliphatic carbocycles. The quantitative estimate of drug-likeness (QED) is 0.0623. The number of methoxy groups -OCH3 is 2. The summed E-state index contributed by atoms with van der Waals surface area (Å²) in [6.45, 7) is 26.6. The molecule has 0 spiro atoms. The number of ether oxygens (including phenoxy) is 8. The molecule has 0 unspecified atom stereocenters. The Morgan fingerprint density at radius 2 is 0.590 bits per heavy atom. The van der Waals surface area contributed by atoms with Crippen molar-refractivity contribution in [1.29, 1.82) is 0 Å². The first-order valence-corrected chi connectivity index (χ1v) is 26.6. The van der Waals surface area contributed by atoms with Crippen LogP contribution < -0.4 is 29.6 Å². The maximum Gasteiger partial charge on any atom is 0.343 e. The highest BCUT2D eigenvalue weighted by Crippen LogP contribution is 2.44. The van der Waals surface area contributed by atoms with E-state index in [4.69, 9.17) is 37.9 Å². The van der Waals surface area contributed by atoms with Crippen molar-refractivity contribution in [1.82, 2.24) is 10.6 Å². The number of amides is 2. The Morgan fingerprint density at radius 3 is 0.782 bits per heavy atom. The minimum Gasteiger partial charge on any atom is -0.483 e. The summed E-state index contributed by atoms with van der Waals surface area (Å²) in [5.74, 6) is -1.83. The van der Waals surface area contributed by atoms with Gasteiger partial charge >= 0.3 is 23.9 Å². The van der Waals surface area contributed by atoms with Crippen molar-refractivity contribution >= 4 is 35.7 Å². The van der Waals surface area contributed by atoms with Gasteiger partial charge in [0.15, 0.2) is 26.4 Å². The molecule has 78 heavy (non-hydrogen) atoms. The maximum atomic E-state index is 13.6. The number of benzene rings is 4. The fourth-order valence-electron chi connectivity index (χ4n) is 8.89. The third-order valence-corrected chi connectivity index (χ3v) is 13.2. The van der Waals surface area contributed by atoms with E-state index in [1.807, 2.05) is 0 Å². The van der Waals surface area contributed by atoms with Crippen LogP contribution in [0.4, 0.5) is 0 Å². The van der Waals surface area contributed by atoms with Crippen LogP contribution in [0.3, 0.4) is 0 Å². The SMILES string of the molecule is CCOC(=O)CNC(=O)COc1c2cc(C(C)(C)C)cc1Cc1cc(C(C)(C)C)cc(c1OCC(=O)OC)Cc1cc(C(C)(C)C)cc(c1OCC(=O)NCC(=O)OCC)Cc1cc(C(C)(C)C)cc(c1OCC(=O)OC)C2. The van der Waals surface area contributed by atoms with Crippen molar-refractivity contribution in [2.75, 3.05) is 67.0 Å². The van der Waals surface area contributed by atoms with E-state index < -0.39 is 83.8 Å². The number of carbonyl (C=O) groups excluding carboxylic acids is 6. The molecule has 4 aromatic rings. The Morgan fingerprint density at radius 1 is 0.372 bits per heavy atom. The molecule has 0 saturated heterocycles. The second-order valence-corrected chi connectivity index (χ2v) is 23.7. The van der Waals surface area contributed by atoms with Crippen molar-refractivity contribution < 1.29 is 66.7 Å². The fourth-order valence-corrected chi connectivity index (χ4v) is 8.89. The van der Waals surface area contributed by atoms with Crippen molar-refractivity contribution in [3.05, 3.63) is 115 Å². The molecule has 0 aromatic heterocycles. The van der Waals surface area contributed by atoms with Gasteiger partial charge in [-0.3, -0.25) is 19.2 Å². The number of hydrogen-bond acceptors (Lipinski definition) is 14. The van der Waals surface area contributed by atoms with Gasteiger partial charge in [0.2, 0.25) is 0 Å². The molecule has 0 fully saturated rings. The molecule has 5 rings (SSSR count). The molecule has 0 heterocycles. The van der Waals surface area contributed by atoms with Gasteiger partial charge in [-0.2, -0.15) is 0 Å². The van der Waals surface area contributed by atoms with Gasteiger partial charge < -0.3 is 48.5 Å². The van der Waals surface area contributed by atoms with Crippen molar-refractivity contribution in [2.24, 2.45) is 0 Å². The number of fused-ring (bicyclic) bond motifs is 8. The molecule has 1 aliphatic rings. The molecule has 424 valence electrons. The highest BCUT2D eigenvalue weighted by atomic mass is 16.6. The van der Waals surface area contributed by atoms with Crippen LogP contribution in [0.15, 0.2) is 48.5 Å². The average Bonchev–Trinajstić information content (AvgIpc) is 3.48. The Labute approximate surface area is 460 Å². The second kappa shape index (κ2) is 26.0. The van der Waals surface area contributed by atoms with Crippen LogP contribution >= 0.6 is 0 Å². The summed E-state index contributed by atoms with van der Waals surface area (Å²) in [6.07, 6.45) is 0.724. The predicted octanol–water partition coefficient (Wildman–Crippen LogP) is 8.77. The zero-order chi connectivity index (χ0) is 57.9. The number of carbonyl (C=O) groups is 6. The smallest absolute Gasteiger partial charge is 0.343 e. The average molecular weight is 1080 g/mol. The number of rotatable bonds is 18. The van der Waals surface area contributed by atoms with Gasteiger partial charge in [0.1, 0.15) is 36.1 Å². The normalized spacial score (nSPS) is 12.6. The second-order valence-electron chi connectivity index (χ2n) is 23.7. The minimum absolute atomic E-state index is 0.155. The fraction of sp³-hybridized carbons (Fsp3) is 0.516. The van der Waals surface area contributed by atoms with E-state index in [1.54, 1.807) is 13.8 Å². The summed E-state index contributed by atoms with van der Waals surface area (Å²) in [7, 11) is 2.59. The molecular weight excluding hydrogens is 997 g/mol. The van der Waals surface area contributed by atoms with Crippen LogP contribution in [0.2, 0.25) is 0 Å². The Kier molecular flexibility index (Phi) is 20.6. The van der Waals surface area contributed by atoms with Crippen LogP contribution in [0.25, 0.3) is 0 Å². The van der Waals surface area contributed by atoms with E-state index in [9.17, 15) is 28.8 Å². The first-order chi connectivity index (χ1) is 36.4. The summed E-state index contributed by atoms with van der Waals surface area (Å²) in [5, 5.41) is 5.24. The van der Waals surface area contributed by atoms with Crippen LogP contribution in [0.1, 0.15) is 164 Å². The minimum atomic E-state index is -0.598. The first kappa shape index (κ1) is 61.7. The zero-order valence-corrected chi connectivity index (χ0v) is 48.8. The van der Waals surface area contributed by atoms with Gasteiger partial charge in [-0.1, -0.05) is 132 Å². The van der Waals surface area contributed by atoms with Gasteiger partial charge in [-0.15, -0.1) is 0 Å². The highest BCUT2D eigenvalue weighted by molar-refractivity contribution is 5.83. The third kappa shape index (κ3) is 16.9. The number of esters is 4. The lowest BCUT2D eigenvalue weighted by Gasteiger charge is -2.29. The summed E-state index contributed by atoms with van der Waals surface area (Å²) < 4.78 is 47.0. The molecule has 4 aromatic carbocycles. The largest absolute Gasteiger partial charge is 0.483 e. The molecule has 16 nitrogen and oxygen atoms in total. The van der Waals surface area contributed by atoms with Crippen LogP contribution in [0.5, 0.6) is 23.0 Å². The lowest BCUT2D eigenvalue weighted by atomic mass is 9.79. The number of nitrogens with one attached hydrogen (secondary N) is 2. The van der Waals surface area contributed by atoms with Crippen LogP contribution in [-0.4, -0.2) is 103 Å². The van der Waals surface area contributed by atoms with Crippen LogP contribution in [-0.2, 0) is 95.1 Å². The topological polar surface area (TPSA) is 200 Å². The van der Waals surface area contributed by atoms with Gasteiger partial charge in [0, 0.05) is 25.7 Å². The highest BCUT2D eigenvalue weighted by Gasteiger charge is 2.30. The summed E-state index contributed by atoms with van der Waals surface area (Å²) in [4.78, 5) is 78.1. The molecule has 0 aliphatic heterocycles. The first-order valence-electron chi connectivity index (χ1n) is 26.6. The van der Waals surface area contributed by atoms with Gasteiger partial charge in [-0.05, 0) is 102 Å². The monoisotopic (exact) mass is 1080 g/mol. The Hall–Kier alpha value is -7.10. The van der Waals surface area contributed by atoms with E-state index in [0.717, 1.165) is 22.3 Å². The number of hydrogen-bond donors (Lipinski definition) is 2. The molecule has 8 bridgehead atoms. The van der Waals surface area contributed by atoms with E-state index in [1.165, 1.54) is 14.2 Å². The maximum absolute atomic E-state index is 13.6. The lowest BCUT2D eigenvalue weighted by molar-refractivity contribution is -0.144. The Balaban J connectivity index is 1.98. The van der Waals surface area contributed by atoms with Gasteiger partial charge in [0.25, 0.3) is 11.8 Å². The van der Waals surface area contributed by atoms with Gasteiger partial charge in [0.05, 0.1) is 27.4 Å². The van der Waals surface area contributed by atoms with Crippen molar-refractivity contribution in [2.45, 2.75) is 144 Å². The molecule has 2 amide bonds. The van der Waals surface area contributed by atoms with E-state index in [0.29, 0.717) is 67.5 Å². The third-order valence-electron chi connectivity index (χ3n) is 13.2.